The molecule has 2 aliphatic rings. The number of hydrogen-bond acceptors (Lipinski definition) is 5. The Kier molecular flexibility index (Phi) is 9.09. The highest BCUT2D eigenvalue weighted by atomic mass is 127. The van der Waals surface area contributed by atoms with Crippen LogP contribution in [0.3, 0.4) is 0 Å². The van der Waals surface area contributed by atoms with Gasteiger partial charge in [0, 0.05) is 76.7 Å². The largest absolute Gasteiger partial charge is 0.371 e. The maximum atomic E-state index is 13.6. The van der Waals surface area contributed by atoms with Gasteiger partial charge >= 0.3 is 0 Å². The maximum Gasteiger partial charge on any atom is 0.194 e. The van der Waals surface area contributed by atoms with Gasteiger partial charge < -0.3 is 19.6 Å². The van der Waals surface area contributed by atoms with E-state index in [4.69, 9.17) is 9.52 Å². The first-order valence-electron chi connectivity index (χ1n) is 11.0. The highest BCUT2D eigenvalue weighted by Gasteiger charge is 2.25. The molecule has 10 heteroatoms. The predicted octanol–water partition coefficient (Wildman–Crippen LogP) is 3.18. The normalized spacial score (nSPS) is 19.8. The molecule has 3 heterocycles. The molecular weight excluding hydrogens is 529 g/mol. The molecule has 32 heavy (non-hydrogen) atoms. The molecule has 176 valence electrons. The lowest BCUT2D eigenvalue weighted by Crippen LogP contribution is -2.52. The third-order valence-corrected chi connectivity index (χ3v) is 5.94. The van der Waals surface area contributed by atoms with Crippen LogP contribution >= 0.6 is 24.0 Å². The number of nitrogens with zero attached hydrogens (tertiary/aromatic N) is 5. The summed E-state index contributed by atoms with van der Waals surface area (Å²) in [5.41, 5.74) is 1.70. The Bertz CT molecular complexity index is 873. The van der Waals surface area contributed by atoms with Gasteiger partial charge in [0.2, 0.25) is 0 Å². The molecular formula is C22H31F2IN6O. The average molecular weight is 560 g/mol. The number of anilines is 1. The minimum Gasteiger partial charge on any atom is -0.371 e. The molecule has 2 aliphatic heterocycles. The van der Waals surface area contributed by atoms with Gasteiger partial charge in [0.05, 0.1) is 5.69 Å². The lowest BCUT2D eigenvalue weighted by Gasteiger charge is -2.36. The van der Waals surface area contributed by atoms with Crippen LogP contribution in [0.25, 0.3) is 0 Å². The van der Waals surface area contributed by atoms with Crippen molar-refractivity contribution in [1.82, 2.24) is 20.3 Å². The summed E-state index contributed by atoms with van der Waals surface area (Å²) in [4.78, 5) is 11.7. The van der Waals surface area contributed by atoms with Crippen LogP contribution in [-0.2, 0) is 6.54 Å². The molecule has 0 bridgehead atoms. The number of guanidine groups is 1. The first-order valence-corrected chi connectivity index (χ1v) is 11.0. The van der Waals surface area contributed by atoms with Gasteiger partial charge in [-0.25, -0.2) is 8.78 Å². The van der Waals surface area contributed by atoms with Gasteiger partial charge in [0.25, 0.3) is 0 Å². The Morgan fingerprint density at radius 3 is 2.66 bits per heavy atom. The van der Waals surface area contributed by atoms with Crippen LogP contribution in [0.1, 0.15) is 19.0 Å². The Hall–Kier alpha value is -1.95. The van der Waals surface area contributed by atoms with Crippen molar-refractivity contribution in [3.05, 3.63) is 47.9 Å². The van der Waals surface area contributed by atoms with E-state index in [9.17, 15) is 8.78 Å². The fraction of sp³-hybridized carbons (Fsp3) is 0.545. The van der Waals surface area contributed by atoms with Crippen LogP contribution in [-0.4, -0.2) is 73.3 Å². The smallest absolute Gasteiger partial charge is 0.194 e. The minimum absolute atomic E-state index is 0. The molecule has 1 unspecified atom stereocenters. The third-order valence-electron chi connectivity index (χ3n) is 5.94. The Morgan fingerprint density at radius 2 is 1.97 bits per heavy atom. The molecule has 1 N–H and O–H groups in total. The second-order valence-corrected chi connectivity index (χ2v) is 8.15. The van der Waals surface area contributed by atoms with Crippen molar-refractivity contribution in [3.63, 3.8) is 0 Å². The quantitative estimate of drug-likeness (QED) is 0.333. The van der Waals surface area contributed by atoms with Crippen LogP contribution in [0.15, 0.2) is 40.0 Å². The van der Waals surface area contributed by atoms with Gasteiger partial charge in [-0.05, 0) is 31.4 Å². The molecule has 2 fully saturated rings. The van der Waals surface area contributed by atoms with E-state index in [2.05, 4.69) is 32.1 Å². The van der Waals surface area contributed by atoms with Crippen molar-refractivity contribution in [2.24, 2.45) is 10.9 Å². The number of hydrogen-bond donors (Lipinski definition) is 1. The van der Waals surface area contributed by atoms with E-state index in [1.54, 1.807) is 12.3 Å². The fourth-order valence-electron chi connectivity index (χ4n) is 4.21. The maximum absolute atomic E-state index is 13.6. The molecule has 0 aliphatic carbocycles. The van der Waals surface area contributed by atoms with Crippen molar-refractivity contribution in [1.29, 1.82) is 0 Å². The van der Waals surface area contributed by atoms with Crippen molar-refractivity contribution in [2.75, 3.05) is 57.3 Å². The Morgan fingerprint density at radius 1 is 1.16 bits per heavy atom. The first kappa shape index (κ1) is 24.7. The van der Waals surface area contributed by atoms with Gasteiger partial charge in [-0.15, -0.1) is 24.0 Å². The summed E-state index contributed by atoms with van der Waals surface area (Å²) in [6.45, 7) is 9.80. The fourth-order valence-corrected chi connectivity index (χ4v) is 4.21. The third kappa shape index (κ3) is 6.31. The van der Waals surface area contributed by atoms with Crippen LogP contribution < -0.4 is 10.2 Å². The molecule has 0 radical (unpaired) electrons. The average Bonchev–Trinajstić information content (AvgIpc) is 3.46. The summed E-state index contributed by atoms with van der Waals surface area (Å²) in [6.07, 6.45) is 2.60. The molecule has 2 aromatic rings. The highest BCUT2D eigenvalue weighted by Crippen LogP contribution is 2.25. The summed E-state index contributed by atoms with van der Waals surface area (Å²) in [5.74, 6) is -0.248. The van der Waals surface area contributed by atoms with E-state index in [1.807, 2.05) is 6.07 Å². The Labute approximate surface area is 204 Å². The van der Waals surface area contributed by atoms with E-state index in [0.29, 0.717) is 5.92 Å². The summed E-state index contributed by atoms with van der Waals surface area (Å²) in [6, 6.07) is 6.03. The molecule has 0 amide bonds. The van der Waals surface area contributed by atoms with Gasteiger partial charge in [0.15, 0.2) is 17.6 Å². The molecule has 0 saturated carbocycles. The Balaban J connectivity index is 0.00000289. The summed E-state index contributed by atoms with van der Waals surface area (Å²) in [7, 11) is 0. The van der Waals surface area contributed by atoms with Crippen LogP contribution in [0.4, 0.5) is 14.5 Å². The molecule has 1 atom stereocenters. The van der Waals surface area contributed by atoms with Crippen LogP contribution in [0.5, 0.6) is 0 Å². The van der Waals surface area contributed by atoms with E-state index < -0.39 is 11.6 Å². The standard InChI is InChI=1S/C22H30F2N6O.HI/c1-2-25-22(29-10-8-28(9-11-29)16-18-6-12-31-27-18)26-14-17-5-7-30(15-17)19-3-4-20(23)21(24)13-19;/h3-4,6,12-13,17H,2,5,7-11,14-16H2,1H3,(H,25,26);1H. The zero-order chi connectivity index (χ0) is 21.6. The van der Waals surface area contributed by atoms with Gasteiger partial charge in [-0.2, -0.15) is 0 Å². The molecule has 0 spiro atoms. The zero-order valence-electron chi connectivity index (χ0n) is 18.3. The van der Waals surface area contributed by atoms with Crippen molar-refractivity contribution in [2.45, 2.75) is 19.9 Å². The number of nitrogens with one attached hydrogen (secondary N) is 1. The lowest BCUT2D eigenvalue weighted by molar-refractivity contribution is 0.169. The first-order chi connectivity index (χ1) is 15.1. The molecule has 1 aromatic carbocycles. The minimum atomic E-state index is -0.805. The molecule has 4 rings (SSSR count). The van der Waals surface area contributed by atoms with E-state index in [0.717, 1.165) is 82.7 Å². The van der Waals surface area contributed by atoms with Gasteiger partial charge in [0.1, 0.15) is 6.26 Å². The molecule has 2 saturated heterocycles. The summed E-state index contributed by atoms with van der Waals surface area (Å²) < 4.78 is 31.7. The SMILES string of the molecule is CCNC(=NCC1CCN(c2ccc(F)c(F)c2)C1)N1CCN(Cc2ccon2)CC1.I. The van der Waals surface area contributed by atoms with Crippen LogP contribution in [0, 0.1) is 17.6 Å². The highest BCUT2D eigenvalue weighted by molar-refractivity contribution is 14.0. The lowest BCUT2D eigenvalue weighted by atomic mass is 10.1. The van der Waals surface area contributed by atoms with E-state index in [-0.39, 0.29) is 24.0 Å². The summed E-state index contributed by atoms with van der Waals surface area (Å²) in [5, 5.41) is 7.41. The molecule has 7 nitrogen and oxygen atoms in total. The van der Waals surface area contributed by atoms with Crippen molar-refractivity contribution >= 4 is 35.6 Å². The number of aromatic nitrogens is 1. The van der Waals surface area contributed by atoms with E-state index >= 15 is 0 Å². The van der Waals surface area contributed by atoms with E-state index in [1.165, 1.54) is 12.1 Å². The monoisotopic (exact) mass is 560 g/mol. The van der Waals surface area contributed by atoms with Crippen LogP contribution in [0.2, 0.25) is 0 Å². The second kappa shape index (κ2) is 11.8. The zero-order valence-corrected chi connectivity index (χ0v) is 20.7. The summed E-state index contributed by atoms with van der Waals surface area (Å²) >= 11 is 0. The molecule has 1 aromatic heterocycles. The van der Waals surface area contributed by atoms with Gasteiger partial charge in [-0.1, -0.05) is 5.16 Å². The second-order valence-electron chi connectivity index (χ2n) is 8.15. The predicted molar refractivity (Wildman–Crippen MR) is 131 cm³/mol. The van der Waals surface area contributed by atoms with Crippen molar-refractivity contribution in [3.8, 4) is 0 Å². The number of halogens is 3. The number of benzene rings is 1. The topological polar surface area (TPSA) is 60.1 Å². The van der Waals surface area contributed by atoms with Crippen molar-refractivity contribution < 1.29 is 13.3 Å². The number of rotatable bonds is 6. The van der Waals surface area contributed by atoms with Gasteiger partial charge in [-0.3, -0.25) is 9.89 Å². The number of aliphatic imine (C=N–C) groups is 1. The number of piperazine rings is 1.